The zero-order valence-corrected chi connectivity index (χ0v) is 14.7. The number of anilines is 1. The molecule has 4 nitrogen and oxygen atoms in total. The molecule has 0 N–H and O–H groups in total. The standard InChI is InChI=1S/C19H20ClN3O/c1-13-11-14(2)23-12-18(16-6-8-17(20)9-7-16)21-19(23)22(13)10-4-5-15(3)24/h6-9,11-12H,2,4-5,10H2,1,3H3. The number of fused-ring (bicyclic) bond motifs is 1. The number of halogens is 1. The predicted molar refractivity (Wildman–Crippen MR) is 99.0 cm³/mol. The SMILES string of the molecule is C=C1C=C(C)N(CCCC(C)=O)c2nc(-c3ccc(Cl)cc3)cn21. The molecular formula is C19H20ClN3O. The highest BCUT2D eigenvalue weighted by Crippen LogP contribution is 2.32. The van der Waals surface area contributed by atoms with Gasteiger partial charge in [-0.25, -0.2) is 4.98 Å². The quantitative estimate of drug-likeness (QED) is 0.786. The molecule has 124 valence electrons. The molecule has 0 saturated heterocycles. The maximum atomic E-state index is 11.2. The van der Waals surface area contributed by atoms with E-state index in [1.54, 1.807) is 6.92 Å². The zero-order valence-electron chi connectivity index (χ0n) is 13.9. The van der Waals surface area contributed by atoms with Crippen molar-refractivity contribution in [3.8, 4) is 11.3 Å². The summed E-state index contributed by atoms with van der Waals surface area (Å²) < 4.78 is 1.99. The van der Waals surface area contributed by atoms with Gasteiger partial charge in [0.05, 0.1) is 5.69 Å². The molecule has 24 heavy (non-hydrogen) atoms. The topological polar surface area (TPSA) is 38.1 Å². The second-order valence-corrected chi connectivity index (χ2v) is 6.47. The highest BCUT2D eigenvalue weighted by Gasteiger charge is 2.22. The lowest BCUT2D eigenvalue weighted by molar-refractivity contribution is -0.117. The van der Waals surface area contributed by atoms with Gasteiger partial charge in [-0.1, -0.05) is 30.3 Å². The Balaban J connectivity index is 1.92. The molecule has 1 aliphatic rings. The number of nitrogens with zero attached hydrogens (tertiary/aromatic N) is 3. The van der Waals surface area contributed by atoms with Crippen LogP contribution in [0.25, 0.3) is 17.0 Å². The highest BCUT2D eigenvalue weighted by molar-refractivity contribution is 6.30. The van der Waals surface area contributed by atoms with E-state index in [9.17, 15) is 4.79 Å². The Hall–Kier alpha value is -2.33. The molecule has 2 aromatic rings. The monoisotopic (exact) mass is 341 g/mol. The molecule has 0 spiro atoms. The minimum atomic E-state index is 0.211. The average molecular weight is 342 g/mol. The number of benzene rings is 1. The van der Waals surface area contributed by atoms with Crippen molar-refractivity contribution >= 4 is 29.0 Å². The van der Waals surface area contributed by atoms with Crippen LogP contribution in [0.5, 0.6) is 0 Å². The van der Waals surface area contributed by atoms with Gasteiger partial charge in [0.1, 0.15) is 5.78 Å². The third-order valence-electron chi connectivity index (χ3n) is 4.09. The first-order chi connectivity index (χ1) is 11.5. The van der Waals surface area contributed by atoms with Crippen LogP contribution >= 0.6 is 11.6 Å². The van der Waals surface area contributed by atoms with E-state index in [0.29, 0.717) is 11.4 Å². The van der Waals surface area contributed by atoms with E-state index in [-0.39, 0.29) is 5.78 Å². The van der Waals surface area contributed by atoms with Gasteiger partial charge in [0.15, 0.2) is 0 Å². The molecule has 0 amide bonds. The van der Waals surface area contributed by atoms with Crippen LogP contribution in [0.15, 0.2) is 48.8 Å². The van der Waals surface area contributed by atoms with Crippen LogP contribution in [-0.2, 0) is 4.79 Å². The van der Waals surface area contributed by atoms with Gasteiger partial charge in [0.2, 0.25) is 5.95 Å². The molecule has 1 aromatic carbocycles. The van der Waals surface area contributed by atoms with Crippen LogP contribution < -0.4 is 4.90 Å². The average Bonchev–Trinajstić information content (AvgIpc) is 2.96. The fourth-order valence-electron chi connectivity index (χ4n) is 2.84. The molecule has 0 fully saturated rings. The number of carbonyl (C=O) groups excluding carboxylic acids is 1. The number of allylic oxidation sites excluding steroid dienone is 3. The van der Waals surface area contributed by atoms with E-state index in [4.69, 9.17) is 16.6 Å². The molecule has 0 bridgehead atoms. The Labute approximate surface area is 147 Å². The lowest BCUT2D eigenvalue weighted by Gasteiger charge is -2.29. The number of carbonyl (C=O) groups is 1. The van der Waals surface area contributed by atoms with Gasteiger partial charge in [-0.05, 0) is 38.5 Å². The summed E-state index contributed by atoms with van der Waals surface area (Å²) in [5.74, 6) is 1.05. The van der Waals surface area contributed by atoms with Crippen LogP contribution in [-0.4, -0.2) is 21.9 Å². The molecule has 2 heterocycles. The third-order valence-corrected chi connectivity index (χ3v) is 4.34. The van der Waals surface area contributed by atoms with Gasteiger partial charge >= 0.3 is 0 Å². The van der Waals surface area contributed by atoms with Gasteiger partial charge in [-0.15, -0.1) is 0 Å². The molecule has 1 aliphatic heterocycles. The van der Waals surface area contributed by atoms with Crippen LogP contribution in [0.1, 0.15) is 26.7 Å². The van der Waals surface area contributed by atoms with Crippen molar-refractivity contribution < 1.29 is 4.79 Å². The summed E-state index contributed by atoms with van der Waals surface area (Å²) >= 11 is 5.96. The van der Waals surface area contributed by atoms with Crippen LogP contribution in [0.4, 0.5) is 5.95 Å². The lowest BCUT2D eigenvalue weighted by Crippen LogP contribution is -2.28. The first-order valence-corrected chi connectivity index (χ1v) is 8.33. The van der Waals surface area contributed by atoms with Crippen molar-refractivity contribution in [2.45, 2.75) is 26.7 Å². The minimum Gasteiger partial charge on any atom is -0.316 e. The summed E-state index contributed by atoms with van der Waals surface area (Å²) in [6.45, 7) is 8.54. The summed E-state index contributed by atoms with van der Waals surface area (Å²) in [6.07, 6.45) is 5.40. The predicted octanol–water partition coefficient (Wildman–Crippen LogP) is 4.77. The van der Waals surface area contributed by atoms with Crippen LogP contribution in [0, 0.1) is 0 Å². The molecule has 0 saturated carbocycles. The Bertz CT molecular complexity index is 818. The third kappa shape index (κ3) is 3.29. The summed E-state index contributed by atoms with van der Waals surface area (Å²) in [4.78, 5) is 18.1. The molecule has 5 heteroatoms. The van der Waals surface area contributed by atoms with Crippen molar-refractivity contribution in [1.29, 1.82) is 0 Å². The van der Waals surface area contributed by atoms with Gasteiger partial charge in [0, 0.05) is 41.1 Å². The largest absolute Gasteiger partial charge is 0.316 e. The second kappa shape index (κ2) is 6.65. The van der Waals surface area contributed by atoms with Crippen molar-refractivity contribution in [2.75, 3.05) is 11.4 Å². The Morgan fingerprint density at radius 3 is 2.67 bits per heavy atom. The maximum Gasteiger partial charge on any atom is 0.215 e. The van der Waals surface area contributed by atoms with Gasteiger partial charge in [-0.2, -0.15) is 0 Å². The summed E-state index contributed by atoms with van der Waals surface area (Å²) in [6, 6.07) is 7.63. The molecule has 0 radical (unpaired) electrons. The van der Waals surface area contributed by atoms with Crippen molar-refractivity contribution in [2.24, 2.45) is 0 Å². The molecule has 0 atom stereocenters. The maximum absolute atomic E-state index is 11.2. The second-order valence-electron chi connectivity index (χ2n) is 6.04. The van der Waals surface area contributed by atoms with E-state index < -0.39 is 0 Å². The smallest absolute Gasteiger partial charge is 0.215 e. The zero-order chi connectivity index (χ0) is 17.3. The Morgan fingerprint density at radius 1 is 1.29 bits per heavy atom. The van der Waals surface area contributed by atoms with E-state index in [1.165, 1.54) is 0 Å². The summed E-state index contributed by atoms with van der Waals surface area (Å²) in [5.41, 5.74) is 3.86. The first-order valence-electron chi connectivity index (χ1n) is 7.95. The van der Waals surface area contributed by atoms with E-state index in [2.05, 4.69) is 11.5 Å². The number of Topliss-reactive ketones (excluding diaryl/α,β-unsaturated/α-hetero) is 1. The van der Waals surface area contributed by atoms with Gasteiger partial charge in [0.25, 0.3) is 0 Å². The first kappa shape index (κ1) is 16.5. The van der Waals surface area contributed by atoms with Gasteiger partial charge in [-0.3, -0.25) is 4.57 Å². The van der Waals surface area contributed by atoms with Crippen molar-refractivity contribution in [3.05, 3.63) is 53.8 Å². The highest BCUT2D eigenvalue weighted by atomic mass is 35.5. The van der Waals surface area contributed by atoms with Crippen LogP contribution in [0.3, 0.4) is 0 Å². The Kier molecular flexibility index (Phi) is 4.58. The fourth-order valence-corrected chi connectivity index (χ4v) is 2.97. The number of rotatable bonds is 5. The molecule has 3 rings (SSSR count). The number of ketones is 1. The normalized spacial score (nSPS) is 13.7. The molecule has 0 unspecified atom stereocenters. The molecular weight excluding hydrogens is 322 g/mol. The number of imidazole rings is 1. The van der Waals surface area contributed by atoms with E-state index in [0.717, 1.165) is 41.6 Å². The van der Waals surface area contributed by atoms with Crippen molar-refractivity contribution in [1.82, 2.24) is 9.55 Å². The Morgan fingerprint density at radius 2 is 2.00 bits per heavy atom. The molecule has 1 aromatic heterocycles. The fraction of sp³-hybridized carbons (Fsp3) is 0.263. The summed E-state index contributed by atoms with van der Waals surface area (Å²) in [7, 11) is 0. The molecule has 0 aliphatic carbocycles. The van der Waals surface area contributed by atoms with Crippen LogP contribution in [0.2, 0.25) is 5.02 Å². The van der Waals surface area contributed by atoms with E-state index in [1.807, 2.05) is 48.0 Å². The summed E-state index contributed by atoms with van der Waals surface area (Å²) in [5, 5.41) is 0.704. The minimum absolute atomic E-state index is 0.211. The van der Waals surface area contributed by atoms with Crippen molar-refractivity contribution in [3.63, 3.8) is 0 Å². The van der Waals surface area contributed by atoms with Gasteiger partial charge < -0.3 is 9.69 Å². The lowest BCUT2D eigenvalue weighted by atomic mass is 10.2. The van der Waals surface area contributed by atoms with E-state index >= 15 is 0 Å². The number of aromatic nitrogens is 2. The number of hydrogen-bond acceptors (Lipinski definition) is 3. The number of hydrogen-bond donors (Lipinski definition) is 0.